The van der Waals surface area contributed by atoms with E-state index in [4.69, 9.17) is 0 Å². The van der Waals surface area contributed by atoms with Crippen LogP contribution in [0.2, 0.25) is 0 Å². The van der Waals surface area contributed by atoms with Crippen LogP contribution in [0, 0.1) is 11.8 Å². The highest BCUT2D eigenvalue weighted by Gasteiger charge is 2.28. The predicted octanol–water partition coefficient (Wildman–Crippen LogP) is 1.26. The van der Waals surface area contributed by atoms with Gasteiger partial charge in [-0.05, 0) is 47.8 Å². The third kappa shape index (κ3) is 2.83. The standard InChI is InChI=1S/C12H18N2OS/c1-9(11-6-13-7-11)12(15)14-4-2-10-3-5-16-8-10/h3,5,8-9,11,13H,2,4,6-7H2,1H3,(H,14,15). The Morgan fingerprint density at radius 3 is 3.06 bits per heavy atom. The van der Waals surface area contributed by atoms with E-state index in [9.17, 15) is 4.79 Å². The van der Waals surface area contributed by atoms with Gasteiger partial charge in [0.2, 0.25) is 5.91 Å². The number of carbonyl (C=O) groups excluding carboxylic acids is 1. The molecule has 1 aromatic heterocycles. The van der Waals surface area contributed by atoms with Crippen molar-refractivity contribution in [1.29, 1.82) is 0 Å². The van der Waals surface area contributed by atoms with E-state index in [1.165, 1.54) is 5.56 Å². The third-order valence-corrected chi connectivity index (χ3v) is 3.96. The van der Waals surface area contributed by atoms with Gasteiger partial charge in [-0.15, -0.1) is 0 Å². The van der Waals surface area contributed by atoms with Crippen LogP contribution in [0.1, 0.15) is 12.5 Å². The summed E-state index contributed by atoms with van der Waals surface area (Å²) in [5.74, 6) is 0.867. The summed E-state index contributed by atoms with van der Waals surface area (Å²) >= 11 is 1.70. The minimum Gasteiger partial charge on any atom is -0.356 e. The smallest absolute Gasteiger partial charge is 0.223 e. The molecule has 0 radical (unpaired) electrons. The number of hydrogen-bond donors (Lipinski definition) is 2. The molecule has 88 valence electrons. The molecule has 16 heavy (non-hydrogen) atoms. The number of hydrogen-bond acceptors (Lipinski definition) is 3. The Bertz CT molecular complexity index is 333. The Balaban J connectivity index is 1.67. The lowest BCUT2D eigenvalue weighted by atomic mass is 9.88. The molecule has 2 heterocycles. The first-order chi connectivity index (χ1) is 7.77. The fourth-order valence-corrected chi connectivity index (χ4v) is 2.51. The van der Waals surface area contributed by atoms with Crippen molar-refractivity contribution in [2.75, 3.05) is 19.6 Å². The Morgan fingerprint density at radius 1 is 1.69 bits per heavy atom. The molecule has 2 N–H and O–H groups in total. The number of rotatable bonds is 5. The Hall–Kier alpha value is -0.870. The summed E-state index contributed by atoms with van der Waals surface area (Å²) in [6.45, 7) is 4.74. The molecule has 0 bridgehead atoms. The molecule has 0 saturated carbocycles. The van der Waals surface area contributed by atoms with E-state index < -0.39 is 0 Å². The number of amides is 1. The van der Waals surface area contributed by atoms with Gasteiger partial charge in [0, 0.05) is 12.5 Å². The second kappa shape index (κ2) is 5.46. The highest BCUT2D eigenvalue weighted by Crippen LogP contribution is 2.15. The maximum atomic E-state index is 11.8. The van der Waals surface area contributed by atoms with Gasteiger partial charge in [-0.1, -0.05) is 6.92 Å². The maximum Gasteiger partial charge on any atom is 0.223 e. The molecular formula is C12H18N2OS. The zero-order valence-corrected chi connectivity index (χ0v) is 10.3. The molecule has 3 nitrogen and oxygen atoms in total. The number of thiophene rings is 1. The first-order valence-electron chi connectivity index (χ1n) is 5.77. The molecule has 1 fully saturated rings. The van der Waals surface area contributed by atoms with Crippen molar-refractivity contribution in [2.24, 2.45) is 11.8 Å². The van der Waals surface area contributed by atoms with E-state index in [0.29, 0.717) is 5.92 Å². The van der Waals surface area contributed by atoms with Crippen LogP contribution in [0.15, 0.2) is 16.8 Å². The summed E-state index contributed by atoms with van der Waals surface area (Å²) in [5.41, 5.74) is 1.31. The van der Waals surface area contributed by atoms with Crippen LogP contribution in [0.4, 0.5) is 0 Å². The second-order valence-electron chi connectivity index (χ2n) is 4.38. The molecule has 0 aliphatic carbocycles. The number of nitrogens with one attached hydrogen (secondary N) is 2. The zero-order valence-electron chi connectivity index (χ0n) is 9.53. The fourth-order valence-electron chi connectivity index (χ4n) is 1.80. The minimum atomic E-state index is 0.142. The zero-order chi connectivity index (χ0) is 11.4. The van der Waals surface area contributed by atoms with Crippen molar-refractivity contribution in [3.63, 3.8) is 0 Å². The fraction of sp³-hybridized carbons (Fsp3) is 0.583. The number of carbonyl (C=O) groups is 1. The van der Waals surface area contributed by atoms with Gasteiger partial charge in [0.25, 0.3) is 0 Å². The van der Waals surface area contributed by atoms with Gasteiger partial charge in [-0.25, -0.2) is 0 Å². The average molecular weight is 238 g/mol. The molecule has 0 spiro atoms. The highest BCUT2D eigenvalue weighted by molar-refractivity contribution is 7.07. The molecular weight excluding hydrogens is 220 g/mol. The minimum absolute atomic E-state index is 0.142. The summed E-state index contributed by atoms with van der Waals surface area (Å²) in [4.78, 5) is 11.8. The van der Waals surface area contributed by atoms with Gasteiger partial charge in [0.1, 0.15) is 0 Å². The van der Waals surface area contributed by atoms with E-state index in [0.717, 1.165) is 26.1 Å². The normalized spacial score (nSPS) is 17.8. The summed E-state index contributed by atoms with van der Waals surface area (Å²) in [6.07, 6.45) is 0.935. The molecule has 1 unspecified atom stereocenters. The highest BCUT2D eigenvalue weighted by atomic mass is 32.1. The van der Waals surface area contributed by atoms with Crippen molar-refractivity contribution in [3.05, 3.63) is 22.4 Å². The maximum absolute atomic E-state index is 11.8. The molecule has 1 aliphatic heterocycles. The van der Waals surface area contributed by atoms with Crippen LogP contribution in [-0.4, -0.2) is 25.5 Å². The van der Waals surface area contributed by atoms with E-state index in [2.05, 4.69) is 27.5 Å². The molecule has 2 rings (SSSR count). The third-order valence-electron chi connectivity index (χ3n) is 3.23. The van der Waals surface area contributed by atoms with Crippen LogP contribution in [0.25, 0.3) is 0 Å². The first-order valence-corrected chi connectivity index (χ1v) is 6.71. The lowest BCUT2D eigenvalue weighted by molar-refractivity contribution is -0.126. The summed E-state index contributed by atoms with van der Waals surface area (Å²) in [5, 5.41) is 10.4. The summed E-state index contributed by atoms with van der Waals surface area (Å²) < 4.78 is 0. The average Bonchev–Trinajstić information content (AvgIpc) is 2.67. The van der Waals surface area contributed by atoms with Crippen LogP contribution >= 0.6 is 11.3 Å². The van der Waals surface area contributed by atoms with Crippen molar-refractivity contribution in [2.45, 2.75) is 13.3 Å². The topological polar surface area (TPSA) is 41.1 Å². The van der Waals surface area contributed by atoms with Gasteiger partial charge >= 0.3 is 0 Å². The Kier molecular flexibility index (Phi) is 3.96. The van der Waals surface area contributed by atoms with Crippen molar-refractivity contribution in [1.82, 2.24) is 10.6 Å². The van der Waals surface area contributed by atoms with Crippen molar-refractivity contribution >= 4 is 17.2 Å². The van der Waals surface area contributed by atoms with Gasteiger partial charge < -0.3 is 10.6 Å². The van der Waals surface area contributed by atoms with E-state index >= 15 is 0 Å². The molecule has 1 saturated heterocycles. The van der Waals surface area contributed by atoms with Gasteiger partial charge in [0.05, 0.1) is 0 Å². The molecule has 1 amide bonds. The van der Waals surface area contributed by atoms with Crippen LogP contribution in [0.5, 0.6) is 0 Å². The monoisotopic (exact) mass is 238 g/mol. The van der Waals surface area contributed by atoms with E-state index in [1.54, 1.807) is 11.3 Å². The lowest BCUT2D eigenvalue weighted by Crippen LogP contribution is -2.49. The van der Waals surface area contributed by atoms with Crippen molar-refractivity contribution < 1.29 is 4.79 Å². The Morgan fingerprint density at radius 2 is 2.50 bits per heavy atom. The Labute approximate surface area is 100 Å². The molecule has 1 aromatic rings. The molecule has 4 heteroatoms. The van der Waals surface area contributed by atoms with Crippen LogP contribution < -0.4 is 10.6 Å². The van der Waals surface area contributed by atoms with Gasteiger partial charge in [-0.2, -0.15) is 11.3 Å². The molecule has 1 atom stereocenters. The quantitative estimate of drug-likeness (QED) is 0.811. The van der Waals surface area contributed by atoms with Crippen LogP contribution in [0.3, 0.4) is 0 Å². The van der Waals surface area contributed by atoms with Crippen LogP contribution in [-0.2, 0) is 11.2 Å². The summed E-state index contributed by atoms with van der Waals surface area (Å²) in [6, 6.07) is 2.11. The predicted molar refractivity (Wildman–Crippen MR) is 66.6 cm³/mol. The second-order valence-corrected chi connectivity index (χ2v) is 5.16. The van der Waals surface area contributed by atoms with E-state index in [1.807, 2.05) is 6.92 Å². The lowest BCUT2D eigenvalue weighted by Gasteiger charge is -2.31. The SMILES string of the molecule is CC(C(=O)NCCc1ccsc1)C1CNC1. The summed E-state index contributed by atoms with van der Waals surface area (Å²) in [7, 11) is 0. The van der Waals surface area contributed by atoms with Gasteiger partial charge in [-0.3, -0.25) is 4.79 Å². The van der Waals surface area contributed by atoms with Gasteiger partial charge in [0.15, 0.2) is 0 Å². The molecule has 0 aromatic carbocycles. The van der Waals surface area contributed by atoms with Crippen molar-refractivity contribution in [3.8, 4) is 0 Å². The van der Waals surface area contributed by atoms with E-state index in [-0.39, 0.29) is 11.8 Å². The molecule has 1 aliphatic rings. The largest absolute Gasteiger partial charge is 0.356 e. The first kappa shape index (κ1) is 11.6.